The fourth-order valence-electron chi connectivity index (χ4n) is 2.47. The third-order valence-electron chi connectivity index (χ3n) is 3.59. The van der Waals surface area contributed by atoms with Gasteiger partial charge in [0.15, 0.2) is 9.84 Å². The molecule has 0 saturated carbocycles. The van der Waals surface area contributed by atoms with Gasteiger partial charge in [-0.2, -0.15) is 0 Å². The molecule has 0 amide bonds. The number of hydrogen-bond donors (Lipinski definition) is 1. The number of halogens is 1. The van der Waals surface area contributed by atoms with Gasteiger partial charge in [0.1, 0.15) is 5.82 Å². The van der Waals surface area contributed by atoms with Crippen molar-refractivity contribution in [3.63, 3.8) is 0 Å². The molecule has 5 heteroatoms. The number of rotatable bonds is 4. The van der Waals surface area contributed by atoms with Gasteiger partial charge in [-0.15, -0.1) is 0 Å². The average Bonchev–Trinajstić information content (AvgIpc) is 2.66. The molecule has 0 aliphatic carbocycles. The fourth-order valence-corrected chi connectivity index (χ4v) is 4.32. The Morgan fingerprint density at radius 3 is 2.89 bits per heavy atom. The molecule has 1 atom stereocenters. The molecule has 106 valence electrons. The van der Waals surface area contributed by atoms with E-state index >= 15 is 0 Å². The van der Waals surface area contributed by atoms with Gasteiger partial charge in [-0.25, -0.2) is 12.8 Å². The van der Waals surface area contributed by atoms with Crippen LogP contribution in [0.15, 0.2) is 24.3 Å². The summed E-state index contributed by atoms with van der Waals surface area (Å²) in [7, 11) is -3.08. The summed E-state index contributed by atoms with van der Waals surface area (Å²) in [6.45, 7) is 1.67. The standard InChI is InChI=1S/C14H20FNO2S/c15-13-4-1-3-12(11-13)7-10-19(17,18)14-5-2-8-16-9-6-14/h1,3-4,11,14,16H,2,5-10H2. The van der Waals surface area contributed by atoms with Gasteiger partial charge in [-0.1, -0.05) is 12.1 Å². The smallest absolute Gasteiger partial charge is 0.153 e. The van der Waals surface area contributed by atoms with E-state index in [0.717, 1.165) is 31.5 Å². The van der Waals surface area contributed by atoms with Crippen molar-refractivity contribution in [2.75, 3.05) is 18.8 Å². The lowest BCUT2D eigenvalue weighted by molar-refractivity contribution is 0.565. The lowest BCUT2D eigenvalue weighted by Crippen LogP contribution is -2.26. The van der Waals surface area contributed by atoms with E-state index in [0.29, 0.717) is 12.8 Å². The maximum absolute atomic E-state index is 13.0. The van der Waals surface area contributed by atoms with Crippen LogP contribution in [0.2, 0.25) is 0 Å². The molecule has 1 aromatic carbocycles. The summed E-state index contributed by atoms with van der Waals surface area (Å²) >= 11 is 0. The zero-order valence-corrected chi connectivity index (χ0v) is 11.8. The molecule has 1 aliphatic heterocycles. The molecule has 2 rings (SSSR count). The zero-order chi connectivity index (χ0) is 13.7. The molecule has 0 radical (unpaired) electrons. The van der Waals surface area contributed by atoms with Gasteiger partial charge in [-0.05, 0) is 56.5 Å². The van der Waals surface area contributed by atoms with Crippen molar-refractivity contribution in [2.24, 2.45) is 0 Å². The Kier molecular flexibility index (Phi) is 4.93. The second-order valence-corrected chi connectivity index (χ2v) is 7.45. The minimum Gasteiger partial charge on any atom is -0.317 e. The van der Waals surface area contributed by atoms with Gasteiger partial charge >= 0.3 is 0 Å². The van der Waals surface area contributed by atoms with Crippen LogP contribution in [0.4, 0.5) is 4.39 Å². The first-order valence-electron chi connectivity index (χ1n) is 6.75. The first-order valence-corrected chi connectivity index (χ1v) is 8.46. The van der Waals surface area contributed by atoms with Crippen LogP contribution >= 0.6 is 0 Å². The largest absolute Gasteiger partial charge is 0.317 e. The Bertz CT molecular complexity index is 508. The molecule has 1 fully saturated rings. The molecular formula is C14H20FNO2S. The Morgan fingerprint density at radius 1 is 1.26 bits per heavy atom. The van der Waals surface area contributed by atoms with Crippen molar-refractivity contribution in [1.29, 1.82) is 0 Å². The lowest BCUT2D eigenvalue weighted by atomic mass is 10.2. The van der Waals surface area contributed by atoms with Crippen molar-refractivity contribution < 1.29 is 12.8 Å². The minimum absolute atomic E-state index is 0.112. The summed E-state index contributed by atoms with van der Waals surface area (Å²) in [6.07, 6.45) is 2.72. The van der Waals surface area contributed by atoms with Gasteiger partial charge in [0.2, 0.25) is 0 Å². The molecule has 0 bridgehead atoms. The summed E-state index contributed by atoms with van der Waals surface area (Å²) in [4.78, 5) is 0. The second-order valence-electron chi connectivity index (χ2n) is 5.05. The molecule has 0 aromatic heterocycles. The summed E-state index contributed by atoms with van der Waals surface area (Å²) in [5.41, 5.74) is 0.746. The van der Waals surface area contributed by atoms with Crippen LogP contribution < -0.4 is 5.32 Å². The van der Waals surface area contributed by atoms with Crippen LogP contribution in [-0.2, 0) is 16.3 Å². The highest BCUT2D eigenvalue weighted by Gasteiger charge is 2.25. The van der Waals surface area contributed by atoms with Gasteiger partial charge in [0.05, 0.1) is 11.0 Å². The number of aryl methyl sites for hydroxylation is 1. The minimum atomic E-state index is -3.08. The summed E-state index contributed by atoms with van der Waals surface area (Å²) < 4.78 is 37.6. The van der Waals surface area contributed by atoms with Crippen molar-refractivity contribution in [3.05, 3.63) is 35.6 Å². The van der Waals surface area contributed by atoms with Crippen LogP contribution in [0.3, 0.4) is 0 Å². The highest BCUT2D eigenvalue weighted by molar-refractivity contribution is 7.92. The van der Waals surface area contributed by atoms with Crippen LogP contribution in [0.5, 0.6) is 0 Å². The molecule has 1 N–H and O–H groups in total. The maximum atomic E-state index is 13.0. The Labute approximate surface area is 114 Å². The molecule has 1 heterocycles. The van der Waals surface area contributed by atoms with Gasteiger partial charge in [0, 0.05) is 0 Å². The molecule has 1 unspecified atom stereocenters. The average molecular weight is 285 g/mol. The van der Waals surface area contributed by atoms with Crippen LogP contribution in [0.1, 0.15) is 24.8 Å². The zero-order valence-electron chi connectivity index (χ0n) is 10.9. The number of benzene rings is 1. The number of hydrogen-bond acceptors (Lipinski definition) is 3. The van der Waals surface area contributed by atoms with E-state index in [9.17, 15) is 12.8 Å². The molecule has 1 saturated heterocycles. The SMILES string of the molecule is O=S(=O)(CCc1cccc(F)c1)C1CCCNCC1. The molecule has 3 nitrogen and oxygen atoms in total. The molecular weight excluding hydrogens is 265 g/mol. The van der Waals surface area contributed by atoms with Crippen LogP contribution in [0.25, 0.3) is 0 Å². The van der Waals surface area contributed by atoms with E-state index < -0.39 is 9.84 Å². The Balaban J connectivity index is 1.96. The normalized spacial score (nSPS) is 21.0. The monoisotopic (exact) mass is 285 g/mol. The van der Waals surface area contributed by atoms with E-state index in [4.69, 9.17) is 0 Å². The first kappa shape index (κ1) is 14.5. The summed E-state index contributed by atoms with van der Waals surface area (Å²) in [5, 5.41) is 2.98. The van der Waals surface area contributed by atoms with E-state index in [1.54, 1.807) is 12.1 Å². The third-order valence-corrected chi connectivity index (χ3v) is 5.86. The Morgan fingerprint density at radius 2 is 2.11 bits per heavy atom. The topological polar surface area (TPSA) is 46.2 Å². The highest BCUT2D eigenvalue weighted by atomic mass is 32.2. The van der Waals surface area contributed by atoms with Crippen molar-refractivity contribution in [2.45, 2.75) is 30.9 Å². The summed E-state index contributed by atoms with van der Waals surface area (Å²) in [5.74, 6) is -0.199. The van der Waals surface area contributed by atoms with Crippen LogP contribution in [-0.4, -0.2) is 32.5 Å². The molecule has 19 heavy (non-hydrogen) atoms. The van der Waals surface area contributed by atoms with E-state index in [2.05, 4.69) is 5.32 Å². The lowest BCUT2D eigenvalue weighted by Gasteiger charge is -2.14. The first-order chi connectivity index (χ1) is 9.08. The third kappa shape index (κ3) is 4.28. The summed E-state index contributed by atoms with van der Waals surface area (Å²) in [6, 6.07) is 6.17. The quantitative estimate of drug-likeness (QED) is 0.919. The fraction of sp³-hybridized carbons (Fsp3) is 0.571. The molecule has 1 aromatic rings. The predicted octanol–water partition coefficient (Wildman–Crippen LogP) is 1.93. The predicted molar refractivity (Wildman–Crippen MR) is 74.4 cm³/mol. The van der Waals surface area contributed by atoms with E-state index in [-0.39, 0.29) is 16.8 Å². The van der Waals surface area contributed by atoms with Gasteiger partial charge in [0.25, 0.3) is 0 Å². The maximum Gasteiger partial charge on any atom is 0.153 e. The number of nitrogens with one attached hydrogen (secondary N) is 1. The molecule has 1 aliphatic rings. The van der Waals surface area contributed by atoms with E-state index in [1.165, 1.54) is 12.1 Å². The van der Waals surface area contributed by atoms with Crippen molar-refractivity contribution >= 4 is 9.84 Å². The Hall–Kier alpha value is -0.940. The van der Waals surface area contributed by atoms with Gasteiger partial charge < -0.3 is 5.32 Å². The highest BCUT2D eigenvalue weighted by Crippen LogP contribution is 2.17. The second kappa shape index (κ2) is 6.48. The number of sulfone groups is 1. The van der Waals surface area contributed by atoms with E-state index in [1.807, 2.05) is 0 Å². The van der Waals surface area contributed by atoms with Crippen LogP contribution in [0, 0.1) is 5.82 Å². The molecule has 0 spiro atoms. The van der Waals surface area contributed by atoms with Gasteiger partial charge in [-0.3, -0.25) is 0 Å². The van der Waals surface area contributed by atoms with Crippen molar-refractivity contribution in [3.8, 4) is 0 Å². The van der Waals surface area contributed by atoms with Crippen molar-refractivity contribution in [1.82, 2.24) is 5.32 Å².